The average Bonchev–Trinajstić information content (AvgIpc) is 2.01. The molecule has 3 atom stereocenters. The van der Waals surface area contributed by atoms with Crippen molar-refractivity contribution in [2.45, 2.75) is 46.1 Å². The fourth-order valence-corrected chi connectivity index (χ4v) is 2.35. The van der Waals surface area contributed by atoms with Gasteiger partial charge in [0.05, 0.1) is 0 Å². The minimum absolute atomic E-state index is 0.186. The summed E-state index contributed by atoms with van der Waals surface area (Å²) in [6, 6.07) is 0. The van der Waals surface area contributed by atoms with Crippen molar-refractivity contribution in [2.24, 2.45) is 17.8 Å². The predicted molar refractivity (Wildman–Crippen MR) is 53.2 cm³/mol. The normalized spacial score (nSPS) is 33.0. The molecule has 0 N–H and O–H groups in total. The summed E-state index contributed by atoms with van der Waals surface area (Å²) in [5, 5.41) is 9.68. The molecule has 1 fully saturated rings. The van der Waals surface area contributed by atoms with E-state index in [0.29, 0.717) is 17.8 Å². The molecule has 0 heterocycles. The molecule has 1 saturated carbocycles. The molecule has 4 nitrogen and oxygen atoms in total. The Labute approximate surface area is 84.7 Å². The Bertz CT molecular complexity index is 206. The van der Waals surface area contributed by atoms with Gasteiger partial charge in [-0.05, 0) is 30.6 Å². The molecule has 0 amide bonds. The lowest BCUT2D eigenvalue weighted by molar-refractivity contribution is -0.771. The molecular weight excluding hydrogens is 182 g/mol. The van der Waals surface area contributed by atoms with E-state index in [2.05, 4.69) is 20.8 Å². The third kappa shape index (κ3) is 2.86. The standard InChI is InChI=1S/C10H19NO3/c1-7(2)9-5-4-8(3)6-10(9)14-11(12)13/h7-10H,4-6H2,1-3H3/t8-,9+,10+/m1/s1. The van der Waals surface area contributed by atoms with Crippen LogP contribution in [0, 0.1) is 27.9 Å². The van der Waals surface area contributed by atoms with Gasteiger partial charge < -0.3 is 4.84 Å². The van der Waals surface area contributed by atoms with E-state index in [1.54, 1.807) is 0 Å². The van der Waals surface area contributed by atoms with Crippen molar-refractivity contribution in [2.75, 3.05) is 0 Å². The summed E-state index contributed by atoms with van der Waals surface area (Å²) < 4.78 is 0. The van der Waals surface area contributed by atoms with Crippen LogP contribution in [0.25, 0.3) is 0 Å². The van der Waals surface area contributed by atoms with Gasteiger partial charge in [0.1, 0.15) is 6.10 Å². The molecule has 4 heteroatoms. The largest absolute Gasteiger partial charge is 0.310 e. The van der Waals surface area contributed by atoms with E-state index >= 15 is 0 Å². The highest BCUT2D eigenvalue weighted by molar-refractivity contribution is 4.80. The summed E-state index contributed by atoms with van der Waals surface area (Å²) in [6.07, 6.45) is 2.86. The van der Waals surface area contributed by atoms with E-state index in [0.717, 1.165) is 12.8 Å². The first kappa shape index (κ1) is 11.3. The van der Waals surface area contributed by atoms with Crippen LogP contribution in [0.15, 0.2) is 0 Å². The van der Waals surface area contributed by atoms with Crippen LogP contribution in [-0.2, 0) is 4.84 Å². The van der Waals surface area contributed by atoms with Gasteiger partial charge in [0, 0.05) is 0 Å². The molecular formula is C10H19NO3. The summed E-state index contributed by atoms with van der Waals surface area (Å²) in [7, 11) is 0. The summed E-state index contributed by atoms with van der Waals surface area (Å²) >= 11 is 0. The molecule has 0 radical (unpaired) electrons. The lowest BCUT2D eigenvalue weighted by atomic mass is 9.75. The van der Waals surface area contributed by atoms with Crippen molar-refractivity contribution in [3.8, 4) is 0 Å². The minimum Gasteiger partial charge on any atom is -0.310 e. The average molecular weight is 201 g/mol. The third-order valence-electron chi connectivity index (χ3n) is 3.18. The van der Waals surface area contributed by atoms with E-state index in [9.17, 15) is 10.1 Å². The van der Waals surface area contributed by atoms with E-state index in [-0.39, 0.29) is 6.10 Å². The van der Waals surface area contributed by atoms with Crippen LogP contribution >= 0.6 is 0 Å². The monoisotopic (exact) mass is 201 g/mol. The molecule has 0 bridgehead atoms. The Kier molecular flexibility index (Phi) is 3.72. The minimum atomic E-state index is -0.641. The Morgan fingerprint density at radius 3 is 2.57 bits per heavy atom. The van der Waals surface area contributed by atoms with Crippen molar-refractivity contribution in [3.05, 3.63) is 10.1 Å². The van der Waals surface area contributed by atoms with E-state index in [1.165, 1.54) is 6.42 Å². The summed E-state index contributed by atoms with van der Waals surface area (Å²) in [4.78, 5) is 15.1. The molecule has 0 spiro atoms. The fourth-order valence-electron chi connectivity index (χ4n) is 2.35. The highest BCUT2D eigenvalue weighted by atomic mass is 17.0. The number of rotatable bonds is 3. The topological polar surface area (TPSA) is 52.4 Å². The van der Waals surface area contributed by atoms with Crippen molar-refractivity contribution < 1.29 is 9.92 Å². The van der Waals surface area contributed by atoms with Gasteiger partial charge in [0.2, 0.25) is 0 Å². The van der Waals surface area contributed by atoms with Crippen molar-refractivity contribution in [1.29, 1.82) is 0 Å². The van der Waals surface area contributed by atoms with Gasteiger partial charge in [-0.15, -0.1) is 10.1 Å². The Morgan fingerprint density at radius 1 is 1.43 bits per heavy atom. The maximum Gasteiger partial charge on any atom is 0.294 e. The number of hydrogen-bond acceptors (Lipinski definition) is 3. The van der Waals surface area contributed by atoms with Crippen LogP contribution in [0.4, 0.5) is 0 Å². The van der Waals surface area contributed by atoms with E-state index in [1.807, 2.05) is 0 Å². The highest BCUT2D eigenvalue weighted by Crippen LogP contribution is 2.35. The third-order valence-corrected chi connectivity index (χ3v) is 3.18. The smallest absolute Gasteiger partial charge is 0.294 e. The van der Waals surface area contributed by atoms with Gasteiger partial charge in [-0.3, -0.25) is 0 Å². The zero-order chi connectivity index (χ0) is 10.7. The second-order valence-electron chi connectivity index (χ2n) is 4.69. The molecule has 82 valence electrons. The number of hydrogen-bond donors (Lipinski definition) is 0. The highest BCUT2D eigenvalue weighted by Gasteiger charge is 2.33. The number of nitrogens with zero attached hydrogens (tertiary/aromatic N) is 1. The molecule has 0 aliphatic heterocycles. The second kappa shape index (κ2) is 4.62. The Hall–Kier alpha value is -0.800. The maximum absolute atomic E-state index is 10.3. The Morgan fingerprint density at radius 2 is 2.07 bits per heavy atom. The predicted octanol–water partition coefficient (Wildman–Crippen LogP) is 2.66. The van der Waals surface area contributed by atoms with Crippen LogP contribution in [0.2, 0.25) is 0 Å². The van der Waals surface area contributed by atoms with Crippen LogP contribution in [0.3, 0.4) is 0 Å². The summed E-state index contributed by atoms with van der Waals surface area (Å²) in [5.41, 5.74) is 0. The summed E-state index contributed by atoms with van der Waals surface area (Å²) in [5.74, 6) is 1.36. The lowest BCUT2D eigenvalue weighted by Gasteiger charge is -2.35. The Balaban J connectivity index is 2.58. The molecule has 14 heavy (non-hydrogen) atoms. The molecule has 0 aromatic carbocycles. The lowest BCUT2D eigenvalue weighted by Crippen LogP contribution is -2.35. The van der Waals surface area contributed by atoms with Crippen molar-refractivity contribution in [3.63, 3.8) is 0 Å². The molecule has 0 unspecified atom stereocenters. The second-order valence-corrected chi connectivity index (χ2v) is 4.69. The first-order valence-electron chi connectivity index (χ1n) is 5.32. The van der Waals surface area contributed by atoms with Gasteiger partial charge in [0.25, 0.3) is 5.09 Å². The van der Waals surface area contributed by atoms with Crippen LogP contribution in [0.1, 0.15) is 40.0 Å². The quantitative estimate of drug-likeness (QED) is 0.521. The van der Waals surface area contributed by atoms with Gasteiger partial charge in [-0.1, -0.05) is 27.2 Å². The molecule has 1 aliphatic rings. The van der Waals surface area contributed by atoms with Gasteiger partial charge in [0.15, 0.2) is 0 Å². The zero-order valence-electron chi connectivity index (χ0n) is 9.10. The zero-order valence-corrected chi connectivity index (χ0v) is 9.10. The molecule has 0 aromatic heterocycles. The molecule has 0 aromatic rings. The maximum atomic E-state index is 10.3. The van der Waals surface area contributed by atoms with Gasteiger partial charge in [-0.25, -0.2) is 0 Å². The first-order valence-corrected chi connectivity index (χ1v) is 5.32. The first-order chi connectivity index (χ1) is 6.50. The molecule has 1 rings (SSSR count). The van der Waals surface area contributed by atoms with E-state index in [4.69, 9.17) is 4.84 Å². The van der Waals surface area contributed by atoms with Gasteiger partial charge in [-0.2, -0.15) is 0 Å². The van der Waals surface area contributed by atoms with Gasteiger partial charge >= 0.3 is 0 Å². The van der Waals surface area contributed by atoms with E-state index < -0.39 is 5.09 Å². The summed E-state index contributed by atoms with van der Waals surface area (Å²) in [6.45, 7) is 6.35. The van der Waals surface area contributed by atoms with Crippen LogP contribution in [-0.4, -0.2) is 11.2 Å². The van der Waals surface area contributed by atoms with Crippen molar-refractivity contribution >= 4 is 0 Å². The molecule has 1 aliphatic carbocycles. The van der Waals surface area contributed by atoms with Crippen LogP contribution < -0.4 is 0 Å². The molecule has 0 saturated heterocycles. The fraction of sp³-hybridized carbons (Fsp3) is 1.00. The SMILES string of the molecule is CC(C)[C@@H]1CC[C@@H](C)C[C@@H]1O[N+](=O)[O-]. The van der Waals surface area contributed by atoms with Crippen LogP contribution in [0.5, 0.6) is 0 Å². The van der Waals surface area contributed by atoms with Crippen molar-refractivity contribution in [1.82, 2.24) is 0 Å².